The molecule has 0 amide bonds. The van der Waals surface area contributed by atoms with Gasteiger partial charge in [-0.1, -0.05) is 6.92 Å². The molecule has 0 aliphatic heterocycles. The lowest BCUT2D eigenvalue weighted by molar-refractivity contribution is 0.881. The first-order valence-electron chi connectivity index (χ1n) is 9.33. The second-order valence-electron chi connectivity index (χ2n) is 6.63. The van der Waals surface area contributed by atoms with Gasteiger partial charge in [-0.2, -0.15) is 14.8 Å². The van der Waals surface area contributed by atoms with Gasteiger partial charge in [-0.05, 0) is 48.0 Å². The van der Waals surface area contributed by atoms with Crippen LogP contribution in [-0.2, 0) is 6.42 Å². The molecule has 0 spiro atoms. The van der Waals surface area contributed by atoms with Crippen molar-refractivity contribution in [3.63, 3.8) is 0 Å². The lowest BCUT2D eigenvalue weighted by Gasteiger charge is -2.21. The molecule has 0 fully saturated rings. The van der Waals surface area contributed by atoms with Crippen LogP contribution in [0.4, 0.5) is 11.5 Å². The highest BCUT2D eigenvalue weighted by atomic mass is 15.5. The molecule has 0 aliphatic carbocycles. The number of hydrogen-bond donors (Lipinski definition) is 1. The summed E-state index contributed by atoms with van der Waals surface area (Å²) in [5, 5.41) is 18.7. The van der Waals surface area contributed by atoms with Crippen LogP contribution < -0.4 is 4.90 Å². The van der Waals surface area contributed by atoms with E-state index in [1.807, 2.05) is 40.5 Å². The summed E-state index contributed by atoms with van der Waals surface area (Å²) in [5.41, 5.74) is 4.82. The Bertz CT molecular complexity index is 1250. The Morgan fingerprint density at radius 3 is 2.72 bits per heavy atom. The van der Waals surface area contributed by atoms with E-state index in [9.17, 15) is 0 Å². The van der Waals surface area contributed by atoms with E-state index < -0.39 is 0 Å². The van der Waals surface area contributed by atoms with Crippen molar-refractivity contribution in [3.8, 4) is 17.2 Å². The number of aryl methyl sites for hydroxylation is 1. The second kappa shape index (κ2) is 6.86. The van der Waals surface area contributed by atoms with Crippen molar-refractivity contribution in [2.24, 2.45) is 0 Å². The Morgan fingerprint density at radius 2 is 1.97 bits per heavy atom. The van der Waals surface area contributed by atoms with Gasteiger partial charge in [0.1, 0.15) is 5.82 Å². The lowest BCUT2D eigenvalue weighted by atomic mass is 10.2. The number of nitrogens with zero attached hydrogens (tertiary/aromatic N) is 8. The number of hydrogen-bond acceptors (Lipinski definition) is 6. The van der Waals surface area contributed by atoms with E-state index in [0.717, 1.165) is 40.6 Å². The van der Waals surface area contributed by atoms with E-state index in [1.165, 1.54) is 0 Å². The number of rotatable bonds is 5. The highest BCUT2D eigenvalue weighted by Gasteiger charge is 2.13. The normalized spacial score (nSPS) is 11.2. The number of tetrazole rings is 1. The third-order valence-corrected chi connectivity index (χ3v) is 4.94. The molecule has 0 unspecified atom stereocenters. The number of aromatic nitrogens is 8. The smallest absolute Gasteiger partial charge is 0.221 e. The minimum absolute atomic E-state index is 0.557. The summed E-state index contributed by atoms with van der Waals surface area (Å²) in [6, 6.07) is 16.2. The Morgan fingerprint density at radius 1 is 1.10 bits per heavy atom. The molecule has 0 saturated heterocycles. The van der Waals surface area contributed by atoms with Crippen molar-refractivity contribution >= 4 is 17.2 Å². The molecule has 0 aliphatic rings. The average molecular weight is 385 g/mol. The summed E-state index contributed by atoms with van der Waals surface area (Å²) in [5.74, 6) is 1.53. The molecule has 4 aromatic heterocycles. The maximum atomic E-state index is 4.62. The topological polar surface area (TPSA) is 92.8 Å². The highest BCUT2D eigenvalue weighted by Crippen LogP contribution is 2.27. The maximum Gasteiger partial charge on any atom is 0.221 e. The van der Waals surface area contributed by atoms with Crippen LogP contribution >= 0.6 is 0 Å². The van der Waals surface area contributed by atoms with E-state index in [2.05, 4.69) is 72.9 Å². The summed E-state index contributed by atoms with van der Waals surface area (Å²) in [6.45, 7) is 2.10. The number of anilines is 2. The molecule has 0 saturated carbocycles. The summed E-state index contributed by atoms with van der Waals surface area (Å²) in [6.07, 6.45) is 4.62. The lowest BCUT2D eigenvalue weighted by Crippen LogP contribution is -2.15. The van der Waals surface area contributed by atoms with Crippen LogP contribution in [0.25, 0.3) is 22.9 Å². The third-order valence-electron chi connectivity index (χ3n) is 4.94. The number of aromatic amines is 1. The van der Waals surface area contributed by atoms with Gasteiger partial charge in [0.15, 0.2) is 5.65 Å². The minimum Gasteiger partial charge on any atom is -0.329 e. The molecule has 0 bridgehead atoms. The molecule has 29 heavy (non-hydrogen) atoms. The zero-order valence-electron chi connectivity index (χ0n) is 16.1. The summed E-state index contributed by atoms with van der Waals surface area (Å²) in [7, 11) is 2.03. The first-order valence-corrected chi connectivity index (χ1v) is 9.33. The first kappa shape index (κ1) is 17.1. The molecule has 0 atom stereocenters. The van der Waals surface area contributed by atoms with E-state index in [4.69, 9.17) is 0 Å². The fourth-order valence-electron chi connectivity index (χ4n) is 3.39. The van der Waals surface area contributed by atoms with Gasteiger partial charge >= 0.3 is 0 Å². The van der Waals surface area contributed by atoms with Crippen molar-refractivity contribution in [2.75, 3.05) is 11.9 Å². The van der Waals surface area contributed by atoms with Crippen LogP contribution in [0.15, 0.2) is 60.9 Å². The van der Waals surface area contributed by atoms with Gasteiger partial charge in [0.2, 0.25) is 5.82 Å². The van der Waals surface area contributed by atoms with Gasteiger partial charge < -0.3 is 9.47 Å². The average Bonchev–Trinajstić information content (AvgIpc) is 3.53. The van der Waals surface area contributed by atoms with Crippen molar-refractivity contribution in [2.45, 2.75) is 13.3 Å². The van der Waals surface area contributed by atoms with Crippen molar-refractivity contribution < 1.29 is 0 Å². The van der Waals surface area contributed by atoms with Crippen molar-refractivity contribution in [3.05, 3.63) is 66.6 Å². The predicted octanol–water partition coefficient (Wildman–Crippen LogP) is 3.03. The first-order chi connectivity index (χ1) is 14.2. The van der Waals surface area contributed by atoms with Crippen LogP contribution in [0, 0.1) is 0 Å². The van der Waals surface area contributed by atoms with Gasteiger partial charge in [-0.15, -0.1) is 10.2 Å². The van der Waals surface area contributed by atoms with Gasteiger partial charge in [0.05, 0.1) is 11.9 Å². The third kappa shape index (κ3) is 2.92. The number of nitrogens with one attached hydrogen (secondary N) is 1. The minimum atomic E-state index is 0.557. The van der Waals surface area contributed by atoms with Crippen LogP contribution in [0.2, 0.25) is 0 Å². The molecule has 1 aromatic carbocycles. The quantitative estimate of drug-likeness (QED) is 0.500. The van der Waals surface area contributed by atoms with E-state index >= 15 is 0 Å². The molecule has 9 heteroatoms. The second-order valence-corrected chi connectivity index (χ2v) is 6.63. The highest BCUT2D eigenvalue weighted by molar-refractivity contribution is 5.64. The van der Waals surface area contributed by atoms with Gasteiger partial charge in [0.25, 0.3) is 0 Å². The molecule has 144 valence electrons. The molecule has 9 nitrogen and oxygen atoms in total. The van der Waals surface area contributed by atoms with Gasteiger partial charge in [0, 0.05) is 42.4 Å². The van der Waals surface area contributed by atoms with E-state index in [1.54, 1.807) is 6.20 Å². The number of benzene rings is 1. The largest absolute Gasteiger partial charge is 0.329 e. The van der Waals surface area contributed by atoms with Crippen LogP contribution in [0.3, 0.4) is 0 Å². The van der Waals surface area contributed by atoms with Gasteiger partial charge in [-0.25, -0.2) is 4.98 Å². The van der Waals surface area contributed by atoms with Crippen LogP contribution in [0.5, 0.6) is 0 Å². The standard InChI is InChI=1S/C20H19N9/c1-3-14-13-19(29-18(22-14)10-11-21-29)27(2)15-6-8-16(9-7-15)28-12-4-5-17(28)20-23-25-26-24-20/h4-13H,3H2,1-2H3,(H,23,24,25,26). The van der Waals surface area contributed by atoms with Crippen molar-refractivity contribution in [1.29, 1.82) is 0 Å². The molecule has 5 aromatic rings. The SMILES string of the molecule is CCc1cc(N(C)c2ccc(-n3cccc3-c3nn[nH]n3)cc2)n2nccc2n1. The fraction of sp³-hybridized carbons (Fsp3) is 0.150. The predicted molar refractivity (Wildman–Crippen MR) is 109 cm³/mol. The molecular weight excluding hydrogens is 366 g/mol. The molecule has 1 N–H and O–H groups in total. The van der Waals surface area contributed by atoms with E-state index in [-0.39, 0.29) is 0 Å². The molecule has 4 heterocycles. The summed E-state index contributed by atoms with van der Waals surface area (Å²) >= 11 is 0. The van der Waals surface area contributed by atoms with Crippen LogP contribution in [-0.4, -0.2) is 46.8 Å². The molecule has 0 radical (unpaired) electrons. The number of fused-ring (bicyclic) bond motifs is 1. The maximum absolute atomic E-state index is 4.62. The zero-order chi connectivity index (χ0) is 19.8. The Kier molecular flexibility index (Phi) is 4.05. The summed E-state index contributed by atoms with van der Waals surface area (Å²) in [4.78, 5) is 6.73. The van der Waals surface area contributed by atoms with Crippen LogP contribution in [0.1, 0.15) is 12.6 Å². The Balaban J connectivity index is 1.50. The molecule has 5 rings (SSSR count). The zero-order valence-corrected chi connectivity index (χ0v) is 16.1. The fourth-order valence-corrected chi connectivity index (χ4v) is 3.39. The monoisotopic (exact) mass is 385 g/mol. The summed E-state index contributed by atoms with van der Waals surface area (Å²) < 4.78 is 3.88. The Hall–Kier alpha value is -4.01. The van der Waals surface area contributed by atoms with Gasteiger partial charge in [-0.3, -0.25) is 0 Å². The Labute approximate surface area is 166 Å². The number of H-pyrrole nitrogens is 1. The molecular formula is C20H19N9. The van der Waals surface area contributed by atoms with E-state index in [0.29, 0.717) is 5.82 Å². The van der Waals surface area contributed by atoms with Crippen molar-refractivity contribution in [1.82, 2.24) is 39.8 Å².